The summed E-state index contributed by atoms with van der Waals surface area (Å²) in [7, 11) is 0. The van der Waals surface area contributed by atoms with Gasteiger partial charge < -0.3 is 14.4 Å². The third-order valence-electron chi connectivity index (χ3n) is 5.82. The molecule has 0 bridgehead atoms. The van der Waals surface area contributed by atoms with Crippen LogP contribution in [-0.4, -0.2) is 34.1 Å². The number of nitrogens with zero attached hydrogens (tertiary/aromatic N) is 2. The number of aliphatic hydroxyl groups is 1. The second kappa shape index (κ2) is 8.29. The molecule has 28 heavy (non-hydrogen) atoms. The lowest BCUT2D eigenvalue weighted by Crippen LogP contribution is -2.29. The lowest BCUT2D eigenvalue weighted by Gasteiger charge is -2.20. The Labute approximate surface area is 166 Å². The van der Waals surface area contributed by atoms with Crippen LogP contribution in [0.3, 0.4) is 0 Å². The predicted molar refractivity (Wildman–Crippen MR) is 112 cm³/mol. The van der Waals surface area contributed by atoms with Crippen molar-refractivity contribution in [2.24, 2.45) is 0 Å². The molecule has 4 heteroatoms. The van der Waals surface area contributed by atoms with Gasteiger partial charge in [0.15, 0.2) is 0 Å². The molecular formula is C24H28N2O2. The standard InChI is InChI=1S/C24H28N2O2/c1-17-4-3-14-26(17)15-13-23-18(2)28-24(25-23)22-11-9-21(10-12-22)20-7-5-19(16-27)6-8-20/h5-12,17,27H,3-4,13-16H2,1-2H3. The van der Waals surface area contributed by atoms with Gasteiger partial charge in [0.1, 0.15) is 5.76 Å². The molecule has 1 fully saturated rings. The van der Waals surface area contributed by atoms with Gasteiger partial charge in [-0.3, -0.25) is 0 Å². The molecule has 146 valence electrons. The van der Waals surface area contributed by atoms with Crippen molar-refractivity contribution in [3.05, 3.63) is 65.5 Å². The summed E-state index contributed by atoms with van der Waals surface area (Å²) in [5, 5.41) is 9.18. The minimum Gasteiger partial charge on any atom is -0.441 e. The minimum atomic E-state index is 0.0712. The van der Waals surface area contributed by atoms with Crippen LogP contribution in [0.2, 0.25) is 0 Å². The third kappa shape index (κ3) is 4.03. The first-order valence-corrected chi connectivity index (χ1v) is 10.1. The molecule has 0 aliphatic carbocycles. The summed E-state index contributed by atoms with van der Waals surface area (Å²) in [5.74, 6) is 1.62. The van der Waals surface area contributed by atoms with E-state index in [9.17, 15) is 5.11 Å². The molecule has 1 atom stereocenters. The number of aryl methyl sites for hydroxylation is 1. The molecule has 3 aromatic rings. The van der Waals surface area contributed by atoms with Gasteiger partial charge in [-0.1, -0.05) is 36.4 Å². The molecule has 4 rings (SSSR count). The van der Waals surface area contributed by atoms with Crippen LogP contribution >= 0.6 is 0 Å². The van der Waals surface area contributed by atoms with Gasteiger partial charge in [-0.2, -0.15) is 0 Å². The van der Waals surface area contributed by atoms with Gasteiger partial charge in [-0.05, 0) is 62.1 Å². The molecule has 1 aliphatic rings. The van der Waals surface area contributed by atoms with E-state index in [2.05, 4.69) is 36.1 Å². The number of hydrogen-bond donors (Lipinski definition) is 1. The smallest absolute Gasteiger partial charge is 0.226 e. The Balaban J connectivity index is 1.46. The quantitative estimate of drug-likeness (QED) is 0.669. The van der Waals surface area contributed by atoms with Gasteiger partial charge in [0.2, 0.25) is 5.89 Å². The van der Waals surface area contributed by atoms with Crippen LogP contribution in [0.1, 0.15) is 36.8 Å². The highest BCUT2D eigenvalue weighted by Gasteiger charge is 2.21. The minimum absolute atomic E-state index is 0.0712. The number of hydrogen-bond acceptors (Lipinski definition) is 4. The summed E-state index contributed by atoms with van der Waals surface area (Å²) in [6, 6.07) is 17.0. The number of likely N-dealkylation sites (tertiary alicyclic amines) is 1. The summed E-state index contributed by atoms with van der Waals surface area (Å²) < 4.78 is 5.96. The van der Waals surface area contributed by atoms with E-state index < -0.39 is 0 Å². The first kappa shape index (κ1) is 18.9. The molecule has 1 aromatic heterocycles. The van der Waals surface area contributed by atoms with E-state index in [-0.39, 0.29) is 6.61 Å². The van der Waals surface area contributed by atoms with Crippen LogP contribution in [0, 0.1) is 6.92 Å². The second-order valence-electron chi connectivity index (χ2n) is 7.73. The summed E-state index contributed by atoms with van der Waals surface area (Å²) in [6.07, 6.45) is 3.55. The maximum atomic E-state index is 9.18. The SMILES string of the molecule is Cc1oc(-c2ccc(-c3ccc(CO)cc3)cc2)nc1CCN1CCCC1C. The van der Waals surface area contributed by atoms with Gasteiger partial charge in [0.25, 0.3) is 0 Å². The molecule has 1 N–H and O–H groups in total. The first-order chi connectivity index (χ1) is 13.6. The zero-order valence-electron chi connectivity index (χ0n) is 16.7. The highest BCUT2D eigenvalue weighted by atomic mass is 16.4. The fourth-order valence-electron chi connectivity index (χ4n) is 3.97. The monoisotopic (exact) mass is 376 g/mol. The Hall–Kier alpha value is -2.43. The van der Waals surface area contributed by atoms with Crippen molar-refractivity contribution in [2.45, 2.75) is 45.8 Å². The van der Waals surface area contributed by atoms with Crippen molar-refractivity contribution in [1.29, 1.82) is 0 Å². The number of benzene rings is 2. The normalized spacial score (nSPS) is 17.3. The maximum absolute atomic E-state index is 9.18. The van der Waals surface area contributed by atoms with E-state index in [1.54, 1.807) is 0 Å². The van der Waals surface area contributed by atoms with Crippen molar-refractivity contribution in [3.63, 3.8) is 0 Å². The number of rotatable bonds is 6. The van der Waals surface area contributed by atoms with Gasteiger partial charge in [-0.15, -0.1) is 0 Å². The Morgan fingerprint density at radius 2 is 1.68 bits per heavy atom. The van der Waals surface area contributed by atoms with Gasteiger partial charge in [-0.25, -0.2) is 4.98 Å². The topological polar surface area (TPSA) is 49.5 Å². The van der Waals surface area contributed by atoms with Crippen molar-refractivity contribution < 1.29 is 9.52 Å². The Kier molecular flexibility index (Phi) is 5.60. The lowest BCUT2D eigenvalue weighted by molar-refractivity contribution is 0.271. The van der Waals surface area contributed by atoms with Gasteiger partial charge >= 0.3 is 0 Å². The van der Waals surface area contributed by atoms with Crippen LogP contribution in [0.4, 0.5) is 0 Å². The van der Waals surface area contributed by atoms with E-state index in [0.29, 0.717) is 11.9 Å². The fraction of sp³-hybridized carbons (Fsp3) is 0.375. The average Bonchev–Trinajstić information content (AvgIpc) is 3.31. The molecule has 4 nitrogen and oxygen atoms in total. The molecule has 2 aromatic carbocycles. The van der Waals surface area contributed by atoms with Crippen molar-refractivity contribution >= 4 is 0 Å². The zero-order chi connectivity index (χ0) is 19.5. The second-order valence-corrected chi connectivity index (χ2v) is 7.73. The van der Waals surface area contributed by atoms with Crippen LogP contribution in [0.25, 0.3) is 22.6 Å². The van der Waals surface area contributed by atoms with Crippen LogP contribution in [0.15, 0.2) is 52.9 Å². The van der Waals surface area contributed by atoms with Crippen LogP contribution < -0.4 is 0 Å². The van der Waals surface area contributed by atoms with Crippen molar-refractivity contribution in [1.82, 2.24) is 9.88 Å². The van der Waals surface area contributed by atoms with E-state index in [1.807, 2.05) is 31.2 Å². The fourth-order valence-corrected chi connectivity index (χ4v) is 3.97. The largest absolute Gasteiger partial charge is 0.441 e. The third-order valence-corrected chi connectivity index (χ3v) is 5.82. The summed E-state index contributed by atoms with van der Waals surface area (Å²) in [6.45, 7) is 6.65. The molecule has 0 saturated carbocycles. The molecule has 1 saturated heterocycles. The Morgan fingerprint density at radius 1 is 1.04 bits per heavy atom. The molecular weight excluding hydrogens is 348 g/mol. The Bertz CT molecular complexity index is 913. The lowest BCUT2D eigenvalue weighted by atomic mass is 10.0. The van der Waals surface area contributed by atoms with Crippen molar-refractivity contribution in [2.75, 3.05) is 13.1 Å². The summed E-state index contributed by atoms with van der Waals surface area (Å²) >= 11 is 0. The Morgan fingerprint density at radius 3 is 2.29 bits per heavy atom. The molecule has 0 amide bonds. The maximum Gasteiger partial charge on any atom is 0.226 e. The molecule has 2 heterocycles. The molecule has 0 radical (unpaired) electrons. The van der Waals surface area contributed by atoms with E-state index in [0.717, 1.165) is 46.7 Å². The van der Waals surface area contributed by atoms with Gasteiger partial charge in [0, 0.05) is 24.6 Å². The highest BCUT2D eigenvalue weighted by molar-refractivity contribution is 5.67. The number of aliphatic hydroxyl groups excluding tert-OH is 1. The van der Waals surface area contributed by atoms with Crippen molar-refractivity contribution in [3.8, 4) is 22.6 Å². The van der Waals surface area contributed by atoms with Gasteiger partial charge in [0.05, 0.1) is 12.3 Å². The predicted octanol–water partition coefficient (Wildman–Crippen LogP) is 4.84. The van der Waals surface area contributed by atoms with Crippen LogP contribution in [-0.2, 0) is 13.0 Å². The highest BCUT2D eigenvalue weighted by Crippen LogP contribution is 2.27. The average molecular weight is 377 g/mol. The molecule has 1 unspecified atom stereocenters. The number of aromatic nitrogens is 1. The molecule has 1 aliphatic heterocycles. The first-order valence-electron chi connectivity index (χ1n) is 10.1. The summed E-state index contributed by atoms with van der Waals surface area (Å²) in [4.78, 5) is 7.32. The van der Waals surface area contributed by atoms with E-state index >= 15 is 0 Å². The van der Waals surface area contributed by atoms with Crippen LogP contribution in [0.5, 0.6) is 0 Å². The van der Waals surface area contributed by atoms with E-state index in [4.69, 9.17) is 9.40 Å². The zero-order valence-corrected chi connectivity index (χ0v) is 16.7. The van der Waals surface area contributed by atoms with E-state index in [1.165, 1.54) is 19.4 Å². The number of oxazole rings is 1. The summed E-state index contributed by atoms with van der Waals surface area (Å²) in [5.41, 5.74) is 5.26. The molecule has 0 spiro atoms.